The highest BCUT2D eigenvalue weighted by molar-refractivity contribution is 5.89. The lowest BCUT2D eigenvalue weighted by Gasteiger charge is -2.41. The van der Waals surface area contributed by atoms with E-state index in [1.807, 2.05) is 19.1 Å². The third kappa shape index (κ3) is 3.59. The Morgan fingerprint density at radius 3 is 2.40 bits per heavy atom. The normalized spacial score (nSPS) is 29.8. The predicted molar refractivity (Wildman–Crippen MR) is 87.6 cm³/mol. The lowest BCUT2D eigenvalue weighted by Crippen LogP contribution is -2.38. The smallest absolute Gasteiger partial charge is 0.143 e. The van der Waals surface area contributed by atoms with Crippen LogP contribution < -0.4 is 0 Å². The Hall–Kier alpha value is -1.37. The fraction of sp³-hybridized carbons (Fsp3) is 0.526. The molecule has 0 aromatic rings. The van der Waals surface area contributed by atoms with Gasteiger partial charge in [-0.2, -0.15) is 0 Å². The molecule has 1 aliphatic carbocycles. The first-order valence-electron chi connectivity index (χ1n) is 7.39. The van der Waals surface area contributed by atoms with Crippen molar-refractivity contribution in [2.45, 2.75) is 52.9 Å². The number of rotatable bonds is 7. The van der Waals surface area contributed by atoms with E-state index < -0.39 is 0 Å². The minimum absolute atomic E-state index is 0.0744. The number of hydrogen-bond donors (Lipinski definition) is 0. The summed E-state index contributed by atoms with van der Waals surface area (Å²) in [6.45, 7) is 17.9. The van der Waals surface area contributed by atoms with Crippen molar-refractivity contribution in [3.8, 4) is 0 Å². The Kier molecular flexibility index (Phi) is 5.33. The molecule has 0 spiro atoms. The van der Waals surface area contributed by atoms with Crippen molar-refractivity contribution in [1.29, 1.82) is 0 Å². The second-order valence-corrected chi connectivity index (χ2v) is 6.69. The zero-order valence-corrected chi connectivity index (χ0v) is 13.3. The highest BCUT2D eigenvalue weighted by Crippen LogP contribution is 2.47. The maximum atomic E-state index is 12.5. The Labute approximate surface area is 124 Å². The molecule has 0 radical (unpaired) electrons. The molecule has 0 aliphatic heterocycles. The van der Waals surface area contributed by atoms with Gasteiger partial charge >= 0.3 is 0 Å². The quantitative estimate of drug-likeness (QED) is 0.567. The molecule has 0 aromatic carbocycles. The monoisotopic (exact) mass is 272 g/mol. The molecule has 0 aromatic heterocycles. The SMILES string of the molecule is C=CC[C@]1(C)CC(=O)[C@](C)(CC=C)C=C1CCC(=C)C. The Morgan fingerprint density at radius 1 is 1.30 bits per heavy atom. The molecule has 0 amide bonds. The van der Waals surface area contributed by atoms with Crippen LogP contribution in [-0.2, 0) is 4.79 Å². The number of Topliss-reactive ketones (excluding diaryl/α,β-unsaturated/α-hetero) is 1. The molecule has 0 saturated carbocycles. The van der Waals surface area contributed by atoms with Gasteiger partial charge in [-0.05, 0) is 44.9 Å². The van der Waals surface area contributed by atoms with E-state index in [1.165, 1.54) is 11.1 Å². The molecule has 0 saturated heterocycles. The fourth-order valence-corrected chi connectivity index (χ4v) is 3.03. The van der Waals surface area contributed by atoms with E-state index in [4.69, 9.17) is 0 Å². The lowest BCUT2D eigenvalue weighted by atomic mass is 9.62. The van der Waals surface area contributed by atoms with Gasteiger partial charge in [-0.15, -0.1) is 19.7 Å². The maximum Gasteiger partial charge on any atom is 0.143 e. The summed E-state index contributed by atoms with van der Waals surface area (Å²) in [6, 6.07) is 0. The van der Waals surface area contributed by atoms with Crippen LogP contribution in [-0.4, -0.2) is 5.78 Å². The summed E-state index contributed by atoms with van der Waals surface area (Å²) in [5.41, 5.74) is 2.11. The van der Waals surface area contributed by atoms with Crippen LogP contribution >= 0.6 is 0 Å². The summed E-state index contributed by atoms with van der Waals surface area (Å²) in [4.78, 5) is 12.5. The van der Waals surface area contributed by atoms with E-state index in [9.17, 15) is 4.79 Å². The second-order valence-electron chi connectivity index (χ2n) is 6.69. The summed E-state index contributed by atoms with van der Waals surface area (Å²) >= 11 is 0. The van der Waals surface area contributed by atoms with Crippen molar-refractivity contribution in [3.05, 3.63) is 49.1 Å². The van der Waals surface area contributed by atoms with Crippen molar-refractivity contribution in [2.75, 3.05) is 0 Å². The summed E-state index contributed by atoms with van der Waals surface area (Å²) in [5.74, 6) is 0.320. The van der Waals surface area contributed by atoms with Gasteiger partial charge in [0.1, 0.15) is 5.78 Å². The maximum absolute atomic E-state index is 12.5. The molecule has 20 heavy (non-hydrogen) atoms. The first kappa shape index (κ1) is 16.7. The minimum Gasteiger partial charge on any atom is -0.299 e. The summed E-state index contributed by atoms with van der Waals surface area (Å²) in [7, 11) is 0. The topological polar surface area (TPSA) is 17.1 Å². The van der Waals surface area contributed by atoms with Crippen LogP contribution in [0.1, 0.15) is 52.9 Å². The van der Waals surface area contributed by atoms with Crippen LogP contribution in [0.15, 0.2) is 49.1 Å². The van der Waals surface area contributed by atoms with E-state index >= 15 is 0 Å². The van der Waals surface area contributed by atoms with Gasteiger partial charge in [-0.25, -0.2) is 0 Å². The number of hydrogen-bond acceptors (Lipinski definition) is 1. The summed E-state index contributed by atoms with van der Waals surface area (Å²) < 4.78 is 0. The van der Waals surface area contributed by atoms with Crippen LogP contribution in [0.25, 0.3) is 0 Å². The summed E-state index contributed by atoms with van der Waals surface area (Å²) in [6.07, 6.45) is 10.1. The Balaban J connectivity index is 3.16. The van der Waals surface area contributed by atoms with Crippen molar-refractivity contribution < 1.29 is 4.79 Å². The Bertz CT molecular complexity index is 454. The highest BCUT2D eigenvalue weighted by atomic mass is 16.1. The Morgan fingerprint density at radius 2 is 1.90 bits per heavy atom. The number of carbonyl (C=O) groups excluding carboxylic acids is 1. The number of allylic oxidation sites excluding steroid dienone is 5. The first-order valence-corrected chi connectivity index (χ1v) is 7.39. The van der Waals surface area contributed by atoms with Gasteiger partial charge in [-0.3, -0.25) is 4.79 Å². The fourth-order valence-electron chi connectivity index (χ4n) is 3.03. The van der Waals surface area contributed by atoms with Crippen molar-refractivity contribution >= 4 is 5.78 Å². The van der Waals surface area contributed by atoms with E-state index in [2.05, 4.69) is 39.7 Å². The van der Waals surface area contributed by atoms with Crippen LogP contribution in [0.3, 0.4) is 0 Å². The van der Waals surface area contributed by atoms with Crippen LogP contribution in [0.5, 0.6) is 0 Å². The van der Waals surface area contributed by atoms with Gasteiger partial charge in [0, 0.05) is 11.8 Å². The van der Waals surface area contributed by atoms with Crippen LogP contribution in [0, 0.1) is 10.8 Å². The van der Waals surface area contributed by atoms with Gasteiger partial charge < -0.3 is 0 Å². The van der Waals surface area contributed by atoms with Crippen molar-refractivity contribution in [2.24, 2.45) is 10.8 Å². The molecule has 2 atom stereocenters. The van der Waals surface area contributed by atoms with E-state index in [1.54, 1.807) is 0 Å². The van der Waals surface area contributed by atoms with Crippen molar-refractivity contribution in [3.63, 3.8) is 0 Å². The number of carbonyl (C=O) groups is 1. The van der Waals surface area contributed by atoms with Crippen LogP contribution in [0.4, 0.5) is 0 Å². The molecule has 1 rings (SSSR count). The molecule has 1 aliphatic rings. The summed E-state index contributed by atoms with van der Waals surface area (Å²) in [5, 5.41) is 0. The molecule has 0 unspecified atom stereocenters. The standard InChI is InChI=1S/C19H28O/c1-7-11-18(5)14-17(20)19(6,12-8-2)13-16(18)10-9-15(3)4/h7-8,13H,1-3,9-12,14H2,4-6H3/t18-,19-/m1/s1. The van der Waals surface area contributed by atoms with Crippen LogP contribution in [0.2, 0.25) is 0 Å². The van der Waals surface area contributed by atoms with E-state index in [0.717, 1.165) is 19.3 Å². The third-order valence-corrected chi connectivity index (χ3v) is 4.44. The molecule has 0 heterocycles. The van der Waals surface area contributed by atoms with Gasteiger partial charge in [0.15, 0.2) is 0 Å². The molecule has 0 fully saturated rings. The number of ketones is 1. The zero-order chi connectivity index (χ0) is 15.4. The average molecular weight is 272 g/mol. The predicted octanol–water partition coefficient (Wildman–Crippen LogP) is 5.41. The minimum atomic E-state index is -0.382. The first-order chi connectivity index (χ1) is 9.27. The molecule has 1 nitrogen and oxygen atoms in total. The molecular weight excluding hydrogens is 244 g/mol. The zero-order valence-electron chi connectivity index (χ0n) is 13.3. The van der Waals surface area contributed by atoms with Gasteiger partial charge in [0.25, 0.3) is 0 Å². The van der Waals surface area contributed by atoms with E-state index in [-0.39, 0.29) is 10.8 Å². The van der Waals surface area contributed by atoms with Gasteiger partial charge in [0.05, 0.1) is 0 Å². The highest BCUT2D eigenvalue weighted by Gasteiger charge is 2.42. The average Bonchev–Trinajstić information content (AvgIpc) is 2.33. The van der Waals surface area contributed by atoms with E-state index in [0.29, 0.717) is 18.6 Å². The van der Waals surface area contributed by atoms with Gasteiger partial charge in [0.2, 0.25) is 0 Å². The third-order valence-electron chi connectivity index (χ3n) is 4.44. The second kappa shape index (κ2) is 6.39. The van der Waals surface area contributed by atoms with Gasteiger partial charge in [-0.1, -0.05) is 36.3 Å². The lowest BCUT2D eigenvalue weighted by molar-refractivity contribution is -0.128. The molecule has 0 N–H and O–H groups in total. The molecule has 1 heteroatoms. The molecular formula is C19H28O. The largest absolute Gasteiger partial charge is 0.299 e. The molecule has 0 bridgehead atoms. The molecule has 110 valence electrons. The van der Waals surface area contributed by atoms with Crippen molar-refractivity contribution in [1.82, 2.24) is 0 Å².